The molecule has 0 radical (unpaired) electrons. The topological polar surface area (TPSA) is 113 Å². The summed E-state index contributed by atoms with van der Waals surface area (Å²) >= 11 is 0. The Balaban J connectivity index is 1.45. The minimum Gasteiger partial charge on any atom is -0.355 e. The van der Waals surface area contributed by atoms with Crippen LogP contribution in [0.3, 0.4) is 0 Å². The molecule has 1 unspecified atom stereocenters. The van der Waals surface area contributed by atoms with Crippen LogP contribution < -0.4 is 21.5 Å². The summed E-state index contributed by atoms with van der Waals surface area (Å²) in [5.41, 5.74) is 3.17. The number of carbonyl (C=O) groups is 3. The molecule has 9 heteroatoms. The van der Waals surface area contributed by atoms with Crippen molar-refractivity contribution in [2.75, 3.05) is 33.7 Å². The lowest BCUT2D eigenvalue weighted by Gasteiger charge is -2.21. The molecule has 1 fully saturated rings. The Morgan fingerprint density at radius 1 is 1.15 bits per heavy atom. The fraction of sp³-hybridized carbons (Fsp3) is 0.484. The number of nitrogens with zero attached hydrogens (tertiary/aromatic N) is 2. The monoisotopic (exact) mass is 547 g/mol. The standard InChI is InChI=1S/C31H41N5O4/c1-5-21-9-10-26-22(15-21)7-6-8-24(26)18-36-19-25(16-27(31(36)40)30(39)32-3)29(38)34-28-17-23(28)11-13-35(4)14-12-33-20(2)37/h6-10,16,19,21,23,28H,5,11-15,17-18H2,1-4H3,(H,32,39)(H,33,37)(H,34,38)/t21?,23-,28-/m0/s1. The highest BCUT2D eigenvalue weighted by Crippen LogP contribution is 2.34. The van der Waals surface area contributed by atoms with Crippen molar-refractivity contribution in [1.82, 2.24) is 25.4 Å². The van der Waals surface area contributed by atoms with Crippen molar-refractivity contribution in [2.45, 2.75) is 52.1 Å². The zero-order valence-corrected chi connectivity index (χ0v) is 24.0. The molecule has 2 aromatic rings. The summed E-state index contributed by atoms with van der Waals surface area (Å²) in [5.74, 6) is 0.0557. The van der Waals surface area contributed by atoms with Gasteiger partial charge in [-0.25, -0.2) is 0 Å². The van der Waals surface area contributed by atoms with Gasteiger partial charge in [0.2, 0.25) is 5.91 Å². The van der Waals surface area contributed by atoms with Gasteiger partial charge in [0.1, 0.15) is 5.56 Å². The third-order valence-corrected chi connectivity index (χ3v) is 7.98. The van der Waals surface area contributed by atoms with E-state index in [0.717, 1.165) is 49.9 Å². The second-order valence-corrected chi connectivity index (χ2v) is 11.0. The Kier molecular flexibility index (Phi) is 9.58. The number of carbonyl (C=O) groups excluding carboxylic acids is 3. The van der Waals surface area contributed by atoms with E-state index in [-0.39, 0.29) is 30.0 Å². The highest BCUT2D eigenvalue weighted by molar-refractivity contribution is 5.99. The Labute approximate surface area is 236 Å². The molecule has 214 valence electrons. The van der Waals surface area contributed by atoms with E-state index in [1.807, 2.05) is 19.2 Å². The molecule has 1 heterocycles. The van der Waals surface area contributed by atoms with Crippen LogP contribution in [0.1, 0.15) is 70.5 Å². The zero-order chi connectivity index (χ0) is 28.8. The van der Waals surface area contributed by atoms with Gasteiger partial charge in [-0.3, -0.25) is 19.2 Å². The normalized spacial score (nSPS) is 19.2. The van der Waals surface area contributed by atoms with Crippen molar-refractivity contribution in [2.24, 2.45) is 11.8 Å². The van der Waals surface area contributed by atoms with Crippen LogP contribution in [0.25, 0.3) is 6.08 Å². The van der Waals surface area contributed by atoms with Crippen molar-refractivity contribution in [3.05, 3.63) is 74.7 Å². The second kappa shape index (κ2) is 13.1. The number of hydrogen-bond donors (Lipinski definition) is 3. The molecule has 40 heavy (non-hydrogen) atoms. The van der Waals surface area contributed by atoms with Crippen LogP contribution in [0.4, 0.5) is 0 Å². The lowest BCUT2D eigenvalue weighted by Crippen LogP contribution is -2.35. The number of amides is 3. The van der Waals surface area contributed by atoms with Crippen LogP contribution in [0.5, 0.6) is 0 Å². The third-order valence-electron chi connectivity index (χ3n) is 7.98. The first-order chi connectivity index (χ1) is 19.2. The predicted molar refractivity (Wildman–Crippen MR) is 156 cm³/mol. The first-order valence-corrected chi connectivity index (χ1v) is 14.2. The van der Waals surface area contributed by atoms with Crippen LogP contribution in [-0.2, 0) is 17.8 Å². The van der Waals surface area contributed by atoms with E-state index in [9.17, 15) is 19.2 Å². The van der Waals surface area contributed by atoms with Gasteiger partial charge < -0.3 is 25.4 Å². The van der Waals surface area contributed by atoms with Crippen molar-refractivity contribution < 1.29 is 14.4 Å². The number of pyridine rings is 1. The molecule has 0 spiro atoms. The first-order valence-electron chi connectivity index (χ1n) is 14.2. The summed E-state index contributed by atoms with van der Waals surface area (Å²) in [4.78, 5) is 52.3. The molecular weight excluding hydrogens is 506 g/mol. The molecule has 0 bridgehead atoms. The Bertz CT molecular complexity index is 1350. The van der Waals surface area contributed by atoms with E-state index >= 15 is 0 Å². The van der Waals surface area contributed by atoms with E-state index in [4.69, 9.17) is 0 Å². The number of rotatable bonds is 12. The van der Waals surface area contributed by atoms with Crippen LogP contribution in [0, 0.1) is 11.8 Å². The summed E-state index contributed by atoms with van der Waals surface area (Å²) in [5, 5.41) is 8.41. The molecule has 0 saturated heterocycles. The Hall–Kier alpha value is -3.72. The van der Waals surface area contributed by atoms with Crippen LogP contribution in [-0.4, -0.2) is 67.0 Å². The molecule has 0 aliphatic heterocycles. The first kappa shape index (κ1) is 29.3. The zero-order valence-electron chi connectivity index (χ0n) is 24.0. The molecule has 1 saturated carbocycles. The number of benzene rings is 1. The van der Waals surface area contributed by atoms with Gasteiger partial charge in [0.05, 0.1) is 12.1 Å². The predicted octanol–water partition coefficient (Wildman–Crippen LogP) is 2.43. The minimum absolute atomic E-state index is 0.0330. The maximum Gasteiger partial charge on any atom is 0.263 e. The molecule has 1 aromatic carbocycles. The third kappa shape index (κ3) is 7.27. The van der Waals surface area contributed by atoms with E-state index < -0.39 is 11.5 Å². The molecular formula is C31H41N5O4. The smallest absolute Gasteiger partial charge is 0.263 e. The van der Waals surface area contributed by atoms with Crippen molar-refractivity contribution in [3.63, 3.8) is 0 Å². The Morgan fingerprint density at radius 3 is 2.67 bits per heavy atom. The second-order valence-electron chi connectivity index (χ2n) is 11.0. The minimum atomic E-state index is -0.513. The molecule has 4 rings (SSSR count). The molecule has 2 aliphatic rings. The summed E-state index contributed by atoms with van der Waals surface area (Å²) in [6.07, 6.45) is 9.80. The molecule has 2 aliphatic carbocycles. The van der Waals surface area contributed by atoms with Crippen LogP contribution in [0.2, 0.25) is 0 Å². The van der Waals surface area contributed by atoms with Gasteiger partial charge in [-0.2, -0.15) is 0 Å². The fourth-order valence-electron chi connectivity index (χ4n) is 5.33. The molecule has 9 nitrogen and oxygen atoms in total. The molecule has 3 atom stereocenters. The highest BCUT2D eigenvalue weighted by Gasteiger charge is 2.38. The van der Waals surface area contributed by atoms with Crippen LogP contribution in [0.15, 0.2) is 41.3 Å². The average Bonchev–Trinajstić information content (AvgIpc) is 3.69. The van der Waals surface area contributed by atoms with Gasteiger partial charge >= 0.3 is 0 Å². The maximum absolute atomic E-state index is 13.3. The van der Waals surface area contributed by atoms with Crippen LogP contribution >= 0.6 is 0 Å². The van der Waals surface area contributed by atoms with Crippen molar-refractivity contribution in [3.8, 4) is 0 Å². The summed E-state index contributed by atoms with van der Waals surface area (Å²) in [6.45, 7) is 6.21. The molecule has 1 aromatic heterocycles. The lowest BCUT2D eigenvalue weighted by atomic mass is 9.86. The lowest BCUT2D eigenvalue weighted by molar-refractivity contribution is -0.119. The largest absolute Gasteiger partial charge is 0.355 e. The fourth-order valence-corrected chi connectivity index (χ4v) is 5.33. The van der Waals surface area contributed by atoms with Gasteiger partial charge in [0.15, 0.2) is 0 Å². The molecule has 3 amide bonds. The summed E-state index contributed by atoms with van der Waals surface area (Å²) < 4.78 is 1.48. The molecule has 3 N–H and O–H groups in total. The SMILES string of the molecule is CCC1C=Cc2c(cccc2Cn2cc(C(=O)N[C@H]3C[C@@H]3CCN(C)CCNC(C)=O)cc(C(=O)NC)c2=O)C1. The number of nitrogens with one attached hydrogen (secondary N) is 3. The Morgan fingerprint density at radius 2 is 1.95 bits per heavy atom. The van der Waals surface area contributed by atoms with Gasteiger partial charge in [0.25, 0.3) is 17.4 Å². The average molecular weight is 548 g/mol. The number of likely N-dealkylation sites (N-methyl/N-ethyl adjacent to an activating group) is 1. The summed E-state index contributed by atoms with van der Waals surface area (Å²) in [6, 6.07) is 7.59. The van der Waals surface area contributed by atoms with Gasteiger partial charge in [-0.1, -0.05) is 37.3 Å². The number of hydrogen-bond acceptors (Lipinski definition) is 5. The highest BCUT2D eigenvalue weighted by atomic mass is 16.2. The number of fused-ring (bicyclic) bond motifs is 1. The van der Waals surface area contributed by atoms with E-state index in [0.29, 0.717) is 23.9 Å². The van der Waals surface area contributed by atoms with Gasteiger partial charge in [-0.05, 0) is 73.9 Å². The van der Waals surface area contributed by atoms with Crippen molar-refractivity contribution in [1.29, 1.82) is 0 Å². The van der Waals surface area contributed by atoms with Gasteiger partial charge in [0, 0.05) is 39.3 Å². The van der Waals surface area contributed by atoms with E-state index in [1.54, 1.807) is 6.20 Å². The summed E-state index contributed by atoms with van der Waals surface area (Å²) in [7, 11) is 3.49. The quantitative estimate of drug-likeness (QED) is 0.378. The number of allylic oxidation sites excluding steroid dienone is 1. The number of aromatic nitrogens is 1. The maximum atomic E-state index is 13.3. The van der Waals surface area contributed by atoms with Crippen molar-refractivity contribution >= 4 is 23.8 Å². The van der Waals surface area contributed by atoms with Gasteiger partial charge in [-0.15, -0.1) is 0 Å². The van der Waals surface area contributed by atoms with E-state index in [2.05, 4.69) is 46.0 Å². The van der Waals surface area contributed by atoms with E-state index in [1.165, 1.54) is 30.2 Å².